The molecule has 4 nitrogen and oxygen atoms in total. The molecule has 1 spiro atoms. The van der Waals surface area contributed by atoms with Crippen molar-refractivity contribution in [1.82, 2.24) is 4.72 Å². The van der Waals surface area contributed by atoms with Crippen molar-refractivity contribution in [3.05, 3.63) is 0 Å². The summed E-state index contributed by atoms with van der Waals surface area (Å²) >= 11 is 0. The van der Waals surface area contributed by atoms with Crippen molar-refractivity contribution in [2.45, 2.75) is 57.6 Å². The number of rotatable bonds is 4. The molecule has 2 fully saturated rings. The molecule has 2 saturated carbocycles. The Labute approximate surface area is 104 Å². The minimum Gasteiger partial charge on any atom is -0.378 e. The summed E-state index contributed by atoms with van der Waals surface area (Å²) in [4.78, 5) is 0. The standard InChI is InChI=1S/C12H23NO3S/c1-3-16-11-9-10(13-17(2,14)15)12(11)7-5-4-6-8-12/h10-11,13H,3-9H2,1-2H3/t10-,11+/m0/s1. The molecule has 5 heteroatoms. The van der Waals surface area contributed by atoms with Crippen LogP contribution in [0.1, 0.15) is 45.4 Å². The van der Waals surface area contributed by atoms with Gasteiger partial charge in [0.2, 0.25) is 10.0 Å². The fourth-order valence-electron chi connectivity index (χ4n) is 3.49. The van der Waals surface area contributed by atoms with Crippen molar-refractivity contribution in [3.63, 3.8) is 0 Å². The highest BCUT2D eigenvalue weighted by atomic mass is 32.2. The van der Waals surface area contributed by atoms with E-state index in [9.17, 15) is 8.42 Å². The molecule has 0 amide bonds. The second-order valence-corrected chi connectivity index (χ2v) is 7.20. The predicted molar refractivity (Wildman–Crippen MR) is 67.3 cm³/mol. The molecular weight excluding hydrogens is 238 g/mol. The van der Waals surface area contributed by atoms with Crippen molar-refractivity contribution in [1.29, 1.82) is 0 Å². The highest BCUT2D eigenvalue weighted by Gasteiger charge is 2.56. The number of nitrogens with one attached hydrogen (secondary N) is 1. The molecule has 0 saturated heterocycles. The molecular formula is C12H23NO3S. The van der Waals surface area contributed by atoms with Crippen molar-refractivity contribution < 1.29 is 13.2 Å². The van der Waals surface area contributed by atoms with Crippen LogP contribution in [-0.4, -0.2) is 33.4 Å². The van der Waals surface area contributed by atoms with E-state index in [0.29, 0.717) is 0 Å². The average molecular weight is 261 g/mol. The Morgan fingerprint density at radius 1 is 1.29 bits per heavy atom. The van der Waals surface area contributed by atoms with Crippen LogP contribution in [-0.2, 0) is 14.8 Å². The first-order valence-electron chi connectivity index (χ1n) is 6.57. The Balaban J connectivity index is 2.08. The average Bonchev–Trinajstić information content (AvgIpc) is 2.27. The normalized spacial score (nSPS) is 32.4. The van der Waals surface area contributed by atoms with Crippen molar-refractivity contribution in [2.24, 2.45) is 5.41 Å². The Morgan fingerprint density at radius 3 is 2.47 bits per heavy atom. The largest absolute Gasteiger partial charge is 0.378 e. The SMILES string of the molecule is CCO[C@@H]1C[C@H](NS(C)(=O)=O)C12CCCCC2. The first kappa shape index (κ1) is 13.3. The van der Waals surface area contributed by atoms with Gasteiger partial charge in [0.15, 0.2) is 0 Å². The van der Waals surface area contributed by atoms with Gasteiger partial charge in [-0.25, -0.2) is 13.1 Å². The molecule has 0 radical (unpaired) electrons. The van der Waals surface area contributed by atoms with Crippen LogP contribution >= 0.6 is 0 Å². The lowest BCUT2D eigenvalue weighted by Crippen LogP contribution is -2.65. The zero-order valence-electron chi connectivity index (χ0n) is 10.7. The highest BCUT2D eigenvalue weighted by Crippen LogP contribution is 2.53. The van der Waals surface area contributed by atoms with Crippen LogP contribution in [0.2, 0.25) is 0 Å². The lowest BCUT2D eigenvalue weighted by atomic mass is 9.55. The second kappa shape index (κ2) is 4.86. The molecule has 2 aliphatic rings. The molecule has 0 bridgehead atoms. The van der Waals surface area contributed by atoms with Crippen molar-refractivity contribution in [2.75, 3.05) is 12.9 Å². The maximum Gasteiger partial charge on any atom is 0.208 e. The molecule has 2 atom stereocenters. The number of sulfonamides is 1. The Bertz CT molecular complexity index is 360. The lowest BCUT2D eigenvalue weighted by Gasteiger charge is -2.57. The molecule has 1 N–H and O–H groups in total. The maximum absolute atomic E-state index is 11.4. The number of ether oxygens (including phenoxy) is 1. The Morgan fingerprint density at radius 2 is 1.94 bits per heavy atom. The topological polar surface area (TPSA) is 55.4 Å². The first-order chi connectivity index (χ1) is 7.98. The minimum atomic E-state index is -3.10. The molecule has 0 heterocycles. The van der Waals surface area contributed by atoms with E-state index in [1.165, 1.54) is 25.5 Å². The fraction of sp³-hybridized carbons (Fsp3) is 1.00. The van der Waals surface area contributed by atoms with Gasteiger partial charge in [0.25, 0.3) is 0 Å². The lowest BCUT2D eigenvalue weighted by molar-refractivity contribution is -0.144. The van der Waals surface area contributed by atoms with Gasteiger partial charge in [0, 0.05) is 18.1 Å². The van der Waals surface area contributed by atoms with Crippen LogP contribution in [0.5, 0.6) is 0 Å². The van der Waals surface area contributed by atoms with E-state index in [-0.39, 0.29) is 17.6 Å². The molecule has 2 aliphatic carbocycles. The third kappa shape index (κ3) is 2.66. The fourth-order valence-corrected chi connectivity index (χ4v) is 4.33. The molecule has 0 unspecified atom stereocenters. The number of hydrogen-bond donors (Lipinski definition) is 1. The summed E-state index contributed by atoms with van der Waals surface area (Å²) in [6.07, 6.45) is 8.21. The summed E-state index contributed by atoms with van der Waals surface area (Å²) < 4.78 is 31.3. The van der Waals surface area contributed by atoms with E-state index < -0.39 is 10.0 Å². The van der Waals surface area contributed by atoms with Crippen molar-refractivity contribution in [3.8, 4) is 0 Å². The third-order valence-electron chi connectivity index (χ3n) is 4.29. The van der Waals surface area contributed by atoms with E-state index in [1.54, 1.807) is 0 Å². The van der Waals surface area contributed by atoms with E-state index in [1.807, 2.05) is 6.92 Å². The van der Waals surface area contributed by atoms with Crippen LogP contribution in [0.3, 0.4) is 0 Å². The van der Waals surface area contributed by atoms with E-state index in [2.05, 4.69) is 4.72 Å². The van der Waals surface area contributed by atoms with Gasteiger partial charge in [-0.2, -0.15) is 0 Å². The maximum atomic E-state index is 11.4. The summed E-state index contributed by atoms with van der Waals surface area (Å²) in [5, 5.41) is 0. The van der Waals surface area contributed by atoms with Gasteiger partial charge in [-0.1, -0.05) is 19.3 Å². The monoisotopic (exact) mass is 261 g/mol. The van der Waals surface area contributed by atoms with Crippen molar-refractivity contribution >= 4 is 10.0 Å². The van der Waals surface area contributed by atoms with Crippen LogP contribution in [0.15, 0.2) is 0 Å². The Hall–Kier alpha value is -0.130. The second-order valence-electron chi connectivity index (χ2n) is 5.42. The van der Waals surface area contributed by atoms with Gasteiger partial charge in [-0.15, -0.1) is 0 Å². The summed E-state index contributed by atoms with van der Waals surface area (Å²) in [7, 11) is -3.10. The van der Waals surface area contributed by atoms with E-state index in [4.69, 9.17) is 4.74 Å². The van der Waals surface area contributed by atoms with Crippen LogP contribution < -0.4 is 4.72 Å². The Kier molecular flexibility index (Phi) is 3.80. The third-order valence-corrected chi connectivity index (χ3v) is 5.01. The summed E-state index contributed by atoms with van der Waals surface area (Å²) in [6.45, 7) is 2.73. The quantitative estimate of drug-likeness (QED) is 0.837. The molecule has 0 aromatic rings. The molecule has 100 valence electrons. The van der Waals surface area contributed by atoms with E-state index in [0.717, 1.165) is 25.9 Å². The molecule has 17 heavy (non-hydrogen) atoms. The zero-order valence-corrected chi connectivity index (χ0v) is 11.6. The van der Waals surface area contributed by atoms with Crippen LogP contribution in [0, 0.1) is 5.41 Å². The van der Waals surface area contributed by atoms with Gasteiger partial charge in [-0.05, 0) is 26.2 Å². The molecule has 2 rings (SSSR count). The highest BCUT2D eigenvalue weighted by molar-refractivity contribution is 7.88. The smallest absolute Gasteiger partial charge is 0.208 e. The molecule has 0 aromatic heterocycles. The van der Waals surface area contributed by atoms with Gasteiger partial charge < -0.3 is 4.74 Å². The summed E-state index contributed by atoms with van der Waals surface area (Å²) in [5.74, 6) is 0. The summed E-state index contributed by atoms with van der Waals surface area (Å²) in [5.41, 5.74) is 0.0807. The summed E-state index contributed by atoms with van der Waals surface area (Å²) in [6, 6.07) is 0.0920. The van der Waals surface area contributed by atoms with Crippen LogP contribution in [0.25, 0.3) is 0 Å². The van der Waals surface area contributed by atoms with E-state index >= 15 is 0 Å². The zero-order chi connectivity index (χ0) is 12.5. The molecule has 0 aromatic carbocycles. The van der Waals surface area contributed by atoms with Gasteiger partial charge in [-0.3, -0.25) is 0 Å². The van der Waals surface area contributed by atoms with Gasteiger partial charge in [0.1, 0.15) is 0 Å². The molecule has 0 aliphatic heterocycles. The van der Waals surface area contributed by atoms with Gasteiger partial charge in [0.05, 0.1) is 12.4 Å². The predicted octanol–water partition coefficient (Wildman–Crippen LogP) is 1.66. The number of hydrogen-bond acceptors (Lipinski definition) is 3. The van der Waals surface area contributed by atoms with Gasteiger partial charge >= 0.3 is 0 Å². The minimum absolute atomic E-state index is 0.0807. The van der Waals surface area contributed by atoms with Crippen LogP contribution in [0.4, 0.5) is 0 Å². The first-order valence-corrected chi connectivity index (χ1v) is 8.46.